The molecule has 0 radical (unpaired) electrons. The van der Waals surface area contributed by atoms with Crippen molar-refractivity contribution in [2.45, 2.75) is 39.2 Å². The summed E-state index contributed by atoms with van der Waals surface area (Å²) in [6.45, 7) is 3.44. The van der Waals surface area contributed by atoms with Crippen LogP contribution in [0.2, 0.25) is 0 Å². The summed E-state index contributed by atoms with van der Waals surface area (Å²) in [5.74, 6) is -3.60. The fraction of sp³-hybridized carbons (Fsp3) is 0.250. The van der Waals surface area contributed by atoms with E-state index in [0.29, 0.717) is 30.3 Å². The smallest absolute Gasteiger partial charge is 0.267 e. The number of benzene rings is 2. The van der Waals surface area contributed by atoms with Gasteiger partial charge >= 0.3 is 0 Å². The number of anilines is 2. The Hall–Kier alpha value is -3.73. The molecule has 3 amide bonds. The van der Waals surface area contributed by atoms with Gasteiger partial charge in [-0.05, 0) is 55.3 Å². The Balaban J connectivity index is 1.64. The Morgan fingerprint density at radius 3 is 2.26 bits per heavy atom. The number of aryl methyl sites for hydroxylation is 1. The van der Waals surface area contributed by atoms with Crippen LogP contribution in [0.15, 0.2) is 42.5 Å². The lowest BCUT2D eigenvalue weighted by atomic mass is 10.1. The molecule has 1 aromatic heterocycles. The van der Waals surface area contributed by atoms with Crippen LogP contribution in [-0.2, 0) is 16.0 Å². The van der Waals surface area contributed by atoms with Gasteiger partial charge in [-0.3, -0.25) is 14.4 Å². The van der Waals surface area contributed by atoms with Gasteiger partial charge in [-0.25, -0.2) is 18.2 Å². The number of hydrogen-bond donors (Lipinski definition) is 3. The summed E-state index contributed by atoms with van der Waals surface area (Å²) in [4.78, 5) is 42.2. The first kappa shape index (κ1) is 25.9. The molecule has 1 unspecified atom stereocenters. The molecule has 3 N–H and O–H groups in total. The lowest BCUT2D eigenvalue weighted by molar-refractivity contribution is -0.126. The van der Waals surface area contributed by atoms with Crippen LogP contribution in [0.25, 0.3) is 0 Å². The quantitative estimate of drug-likeness (QED) is 0.397. The average Bonchev–Trinajstić information content (AvgIpc) is 3.14. The fourth-order valence-electron chi connectivity index (χ4n) is 3.28. The zero-order valence-corrected chi connectivity index (χ0v) is 19.8. The number of carbonyl (C=O) groups is 3. The second-order valence-corrected chi connectivity index (χ2v) is 8.75. The maximum atomic E-state index is 13.4. The van der Waals surface area contributed by atoms with Crippen molar-refractivity contribution < 1.29 is 27.6 Å². The number of halogens is 3. The van der Waals surface area contributed by atoms with Gasteiger partial charge in [0.25, 0.3) is 5.91 Å². The van der Waals surface area contributed by atoms with E-state index >= 15 is 0 Å². The van der Waals surface area contributed by atoms with Crippen molar-refractivity contribution >= 4 is 39.9 Å². The monoisotopic (exact) mass is 504 g/mol. The Morgan fingerprint density at radius 2 is 1.63 bits per heavy atom. The number of nitrogens with zero attached hydrogens (tertiary/aromatic N) is 1. The molecular formula is C24H23F3N4O3S. The lowest BCUT2D eigenvalue weighted by Gasteiger charge is -2.17. The molecule has 35 heavy (non-hydrogen) atoms. The third-order valence-electron chi connectivity index (χ3n) is 4.85. The van der Waals surface area contributed by atoms with Crippen LogP contribution in [0, 0.1) is 24.4 Å². The molecule has 11 heteroatoms. The number of thiazole rings is 1. The first-order valence-corrected chi connectivity index (χ1v) is 11.6. The lowest BCUT2D eigenvalue weighted by Crippen LogP contribution is -2.44. The molecule has 7 nitrogen and oxygen atoms in total. The van der Waals surface area contributed by atoms with E-state index in [9.17, 15) is 27.6 Å². The Kier molecular flexibility index (Phi) is 8.58. The summed E-state index contributed by atoms with van der Waals surface area (Å²) in [7, 11) is 0. The molecule has 0 fully saturated rings. The van der Waals surface area contributed by atoms with E-state index in [0.717, 1.165) is 23.5 Å². The highest BCUT2D eigenvalue weighted by Crippen LogP contribution is 2.24. The summed E-state index contributed by atoms with van der Waals surface area (Å²) in [5.41, 5.74) is 0.927. The number of rotatable bonds is 9. The molecule has 0 saturated heterocycles. The second kappa shape index (κ2) is 11.6. The topological polar surface area (TPSA) is 100 Å². The predicted molar refractivity (Wildman–Crippen MR) is 127 cm³/mol. The Bertz CT molecular complexity index is 1210. The Labute approximate surface area is 203 Å². The summed E-state index contributed by atoms with van der Waals surface area (Å²) in [5, 5.41) is 7.98. The van der Waals surface area contributed by atoms with E-state index in [4.69, 9.17) is 0 Å². The summed E-state index contributed by atoms with van der Waals surface area (Å²) >= 11 is 0.953. The van der Waals surface area contributed by atoms with Crippen molar-refractivity contribution in [1.29, 1.82) is 0 Å². The predicted octanol–water partition coefficient (Wildman–Crippen LogP) is 4.59. The van der Waals surface area contributed by atoms with Crippen molar-refractivity contribution in [3.8, 4) is 0 Å². The van der Waals surface area contributed by atoms with Gasteiger partial charge in [0, 0.05) is 11.8 Å². The van der Waals surface area contributed by atoms with E-state index in [2.05, 4.69) is 20.9 Å². The van der Waals surface area contributed by atoms with Crippen molar-refractivity contribution in [3.63, 3.8) is 0 Å². The van der Waals surface area contributed by atoms with E-state index in [1.807, 2.05) is 6.92 Å². The molecule has 0 aliphatic carbocycles. The number of nitrogens with one attached hydrogen (secondary N) is 3. The normalized spacial score (nSPS) is 11.6. The van der Waals surface area contributed by atoms with E-state index in [1.165, 1.54) is 24.3 Å². The van der Waals surface area contributed by atoms with Gasteiger partial charge in [-0.2, -0.15) is 0 Å². The van der Waals surface area contributed by atoms with E-state index < -0.39 is 41.2 Å². The van der Waals surface area contributed by atoms with Crippen LogP contribution < -0.4 is 16.0 Å². The summed E-state index contributed by atoms with van der Waals surface area (Å²) in [6, 6.07) is 7.17. The van der Waals surface area contributed by atoms with Gasteiger partial charge in [0.2, 0.25) is 11.8 Å². The number of amides is 3. The third kappa shape index (κ3) is 7.38. The molecule has 1 atom stereocenters. The number of carbonyl (C=O) groups excluding carboxylic acids is 3. The molecule has 0 aliphatic rings. The molecule has 3 aromatic rings. The maximum Gasteiger partial charge on any atom is 0.267 e. The third-order valence-corrected chi connectivity index (χ3v) is 5.92. The van der Waals surface area contributed by atoms with Crippen LogP contribution in [0.5, 0.6) is 0 Å². The standard InChI is InChI=1S/C24H23F3N4O3S/c1-3-4-19(30-20(32)11-14-9-16(26)12-17(27)10-14)22(33)31-24-28-13(2)21(35-24)23(34)29-18-7-5-15(25)6-8-18/h5-10,12,19H,3-4,11H2,1-2H3,(H,29,34)(H,30,32)(H,28,31,33). The zero-order chi connectivity index (χ0) is 25.5. The highest BCUT2D eigenvalue weighted by molar-refractivity contribution is 7.17. The van der Waals surface area contributed by atoms with Crippen LogP contribution in [0.1, 0.15) is 40.7 Å². The highest BCUT2D eigenvalue weighted by atomic mass is 32.1. The van der Waals surface area contributed by atoms with Gasteiger partial charge in [-0.1, -0.05) is 24.7 Å². The van der Waals surface area contributed by atoms with Gasteiger partial charge in [0.05, 0.1) is 12.1 Å². The SMILES string of the molecule is CCCC(NC(=O)Cc1cc(F)cc(F)c1)C(=O)Nc1nc(C)c(C(=O)Nc2ccc(F)cc2)s1. The van der Waals surface area contributed by atoms with Crippen LogP contribution in [0.4, 0.5) is 24.0 Å². The molecule has 0 spiro atoms. The molecule has 184 valence electrons. The van der Waals surface area contributed by atoms with Crippen molar-refractivity contribution in [3.05, 3.63) is 76.1 Å². The van der Waals surface area contributed by atoms with Gasteiger partial charge < -0.3 is 16.0 Å². The van der Waals surface area contributed by atoms with Crippen LogP contribution in [-0.4, -0.2) is 28.7 Å². The molecule has 0 aliphatic heterocycles. The minimum atomic E-state index is -0.911. The highest BCUT2D eigenvalue weighted by Gasteiger charge is 2.23. The second-order valence-electron chi connectivity index (χ2n) is 7.75. The Morgan fingerprint density at radius 1 is 0.971 bits per heavy atom. The summed E-state index contributed by atoms with van der Waals surface area (Å²) < 4.78 is 39.8. The van der Waals surface area contributed by atoms with Crippen LogP contribution in [0.3, 0.4) is 0 Å². The molecule has 0 bridgehead atoms. The fourth-order valence-corrected chi connectivity index (χ4v) is 4.14. The van der Waals surface area contributed by atoms with Gasteiger partial charge in [-0.15, -0.1) is 0 Å². The first-order valence-electron chi connectivity index (χ1n) is 10.7. The van der Waals surface area contributed by atoms with Gasteiger partial charge in [0.15, 0.2) is 5.13 Å². The summed E-state index contributed by atoms with van der Waals surface area (Å²) in [6.07, 6.45) is 0.596. The number of hydrogen-bond acceptors (Lipinski definition) is 5. The van der Waals surface area contributed by atoms with E-state index in [1.54, 1.807) is 6.92 Å². The van der Waals surface area contributed by atoms with Crippen molar-refractivity contribution in [2.75, 3.05) is 10.6 Å². The molecule has 0 saturated carbocycles. The molecule has 3 rings (SSSR count). The zero-order valence-electron chi connectivity index (χ0n) is 19.0. The van der Waals surface area contributed by atoms with E-state index in [-0.39, 0.29) is 22.0 Å². The largest absolute Gasteiger partial charge is 0.344 e. The molecule has 1 heterocycles. The van der Waals surface area contributed by atoms with Crippen molar-refractivity contribution in [1.82, 2.24) is 10.3 Å². The van der Waals surface area contributed by atoms with Gasteiger partial charge in [0.1, 0.15) is 28.4 Å². The first-order chi connectivity index (χ1) is 16.6. The molecular weight excluding hydrogens is 481 g/mol. The average molecular weight is 505 g/mol. The molecule has 2 aromatic carbocycles. The van der Waals surface area contributed by atoms with Crippen LogP contribution >= 0.6 is 11.3 Å². The van der Waals surface area contributed by atoms with Crippen molar-refractivity contribution in [2.24, 2.45) is 0 Å². The minimum Gasteiger partial charge on any atom is -0.344 e. The maximum absolute atomic E-state index is 13.4. The number of aromatic nitrogens is 1. The minimum absolute atomic E-state index is 0.142.